The van der Waals surface area contributed by atoms with Crippen LogP contribution in [0.2, 0.25) is 0 Å². The summed E-state index contributed by atoms with van der Waals surface area (Å²) in [5.74, 6) is -0.0102. The molecule has 2 heteroatoms. The van der Waals surface area contributed by atoms with Crippen molar-refractivity contribution in [1.82, 2.24) is 0 Å². The highest BCUT2D eigenvalue weighted by Crippen LogP contribution is 2.17. The first-order valence-corrected chi connectivity index (χ1v) is 8.17. The first-order valence-electron chi connectivity index (χ1n) is 8.17. The Kier molecular flexibility index (Phi) is 5.57. The van der Waals surface area contributed by atoms with E-state index in [9.17, 15) is 4.79 Å². The van der Waals surface area contributed by atoms with E-state index in [1.165, 1.54) is 0 Å². The standard InChI is InChI=1S/C23H19NO/c25-23(14-8-7-11-19-9-3-1-4-10-19)20-15-17-22(18-16-20)24-21-12-5-2-6-13-21/h1-18,24H. The lowest BCUT2D eigenvalue weighted by atomic mass is 10.1. The molecule has 25 heavy (non-hydrogen) atoms. The Morgan fingerprint density at radius 1 is 0.680 bits per heavy atom. The molecule has 0 fully saturated rings. The van der Waals surface area contributed by atoms with E-state index in [1.807, 2.05) is 97.1 Å². The van der Waals surface area contributed by atoms with E-state index in [2.05, 4.69) is 5.32 Å². The molecular formula is C23H19NO. The molecule has 1 N–H and O–H groups in total. The Labute approximate surface area is 148 Å². The van der Waals surface area contributed by atoms with Crippen LogP contribution in [0.25, 0.3) is 6.08 Å². The maximum atomic E-state index is 12.2. The number of rotatable bonds is 6. The zero-order valence-electron chi connectivity index (χ0n) is 13.8. The zero-order chi connectivity index (χ0) is 17.3. The third kappa shape index (κ3) is 5.05. The van der Waals surface area contributed by atoms with Gasteiger partial charge in [-0.2, -0.15) is 0 Å². The Morgan fingerprint density at radius 2 is 1.28 bits per heavy atom. The Bertz CT molecular complexity index is 863. The van der Waals surface area contributed by atoms with Crippen molar-refractivity contribution in [2.45, 2.75) is 0 Å². The zero-order valence-corrected chi connectivity index (χ0v) is 13.8. The number of carbonyl (C=O) groups excluding carboxylic acids is 1. The van der Waals surface area contributed by atoms with Gasteiger partial charge in [-0.3, -0.25) is 4.79 Å². The summed E-state index contributed by atoms with van der Waals surface area (Å²) in [6.07, 6.45) is 7.19. The van der Waals surface area contributed by atoms with Gasteiger partial charge < -0.3 is 5.32 Å². The van der Waals surface area contributed by atoms with E-state index in [0.29, 0.717) is 5.56 Å². The first-order chi connectivity index (χ1) is 12.3. The van der Waals surface area contributed by atoms with Gasteiger partial charge in [-0.25, -0.2) is 0 Å². The van der Waals surface area contributed by atoms with Gasteiger partial charge in [-0.1, -0.05) is 66.8 Å². The maximum absolute atomic E-state index is 12.2. The largest absolute Gasteiger partial charge is 0.356 e. The molecule has 0 saturated heterocycles. The molecule has 0 bridgehead atoms. The summed E-state index contributed by atoms with van der Waals surface area (Å²) in [5, 5.41) is 3.30. The van der Waals surface area contributed by atoms with Crippen molar-refractivity contribution < 1.29 is 4.79 Å². The second-order valence-corrected chi connectivity index (χ2v) is 5.56. The number of allylic oxidation sites excluding steroid dienone is 3. The predicted octanol–water partition coefficient (Wildman–Crippen LogP) is 5.88. The molecule has 0 unspecified atom stereocenters. The molecule has 2 nitrogen and oxygen atoms in total. The molecule has 0 radical (unpaired) electrons. The van der Waals surface area contributed by atoms with Crippen LogP contribution >= 0.6 is 0 Å². The molecule has 0 saturated carbocycles. The third-order valence-electron chi connectivity index (χ3n) is 3.68. The van der Waals surface area contributed by atoms with Crippen LogP contribution in [0.3, 0.4) is 0 Å². The van der Waals surface area contributed by atoms with Crippen molar-refractivity contribution >= 4 is 23.2 Å². The Hall–Kier alpha value is -3.39. The number of carbonyl (C=O) groups is 1. The fourth-order valence-electron chi connectivity index (χ4n) is 2.38. The lowest BCUT2D eigenvalue weighted by molar-refractivity contribution is 0.104. The second kappa shape index (κ2) is 8.46. The monoisotopic (exact) mass is 325 g/mol. The lowest BCUT2D eigenvalue weighted by Crippen LogP contribution is -1.95. The van der Waals surface area contributed by atoms with E-state index in [1.54, 1.807) is 12.2 Å². The van der Waals surface area contributed by atoms with Gasteiger partial charge in [0.05, 0.1) is 0 Å². The summed E-state index contributed by atoms with van der Waals surface area (Å²) in [7, 11) is 0. The molecule has 3 rings (SSSR count). The molecular weight excluding hydrogens is 306 g/mol. The average molecular weight is 325 g/mol. The fourth-order valence-corrected chi connectivity index (χ4v) is 2.38. The Morgan fingerprint density at radius 3 is 1.96 bits per heavy atom. The molecule has 0 amide bonds. The number of nitrogens with one attached hydrogen (secondary N) is 1. The summed E-state index contributed by atoms with van der Waals surface area (Å²) in [6.45, 7) is 0. The number of benzene rings is 3. The normalized spacial score (nSPS) is 11.0. The van der Waals surface area contributed by atoms with Crippen LogP contribution in [-0.2, 0) is 0 Å². The minimum atomic E-state index is -0.0102. The molecule has 0 aliphatic carbocycles. The predicted molar refractivity (Wildman–Crippen MR) is 105 cm³/mol. The molecule has 0 aromatic heterocycles. The van der Waals surface area contributed by atoms with Gasteiger partial charge >= 0.3 is 0 Å². The molecule has 0 aliphatic heterocycles. The molecule has 0 heterocycles. The van der Waals surface area contributed by atoms with Gasteiger partial charge in [0.15, 0.2) is 5.78 Å². The molecule has 0 atom stereocenters. The summed E-state index contributed by atoms with van der Waals surface area (Å²) < 4.78 is 0. The van der Waals surface area contributed by atoms with Crippen LogP contribution < -0.4 is 5.32 Å². The molecule has 0 aliphatic rings. The van der Waals surface area contributed by atoms with E-state index < -0.39 is 0 Å². The van der Waals surface area contributed by atoms with Gasteiger partial charge in [0.1, 0.15) is 0 Å². The van der Waals surface area contributed by atoms with Gasteiger partial charge in [-0.05, 0) is 48.0 Å². The lowest BCUT2D eigenvalue weighted by Gasteiger charge is -2.06. The first kappa shape index (κ1) is 16.5. The van der Waals surface area contributed by atoms with Gasteiger partial charge in [0.25, 0.3) is 0 Å². The highest BCUT2D eigenvalue weighted by atomic mass is 16.1. The van der Waals surface area contributed by atoms with Crippen LogP contribution in [0.15, 0.2) is 103 Å². The topological polar surface area (TPSA) is 29.1 Å². The highest BCUT2D eigenvalue weighted by Gasteiger charge is 2.01. The van der Waals surface area contributed by atoms with Crippen molar-refractivity contribution in [1.29, 1.82) is 0 Å². The Balaban J connectivity index is 1.59. The van der Waals surface area contributed by atoms with Crippen LogP contribution in [0, 0.1) is 0 Å². The van der Waals surface area contributed by atoms with Gasteiger partial charge in [0, 0.05) is 16.9 Å². The third-order valence-corrected chi connectivity index (χ3v) is 3.68. The molecule has 0 spiro atoms. The van der Waals surface area contributed by atoms with Crippen molar-refractivity contribution in [2.24, 2.45) is 0 Å². The smallest absolute Gasteiger partial charge is 0.185 e. The van der Waals surface area contributed by atoms with Crippen LogP contribution in [0.1, 0.15) is 15.9 Å². The number of hydrogen-bond acceptors (Lipinski definition) is 2. The van der Waals surface area contributed by atoms with Crippen molar-refractivity contribution in [3.8, 4) is 0 Å². The van der Waals surface area contributed by atoms with Crippen molar-refractivity contribution in [2.75, 3.05) is 5.32 Å². The quantitative estimate of drug-likeness (QED) is 0.348. The van der Waals surface area contributed by atoms with E-state index >= 15 is 0 Å². The number of ketones is 1. The molecule has 3 aromatic rings. The van der Waals surface area contributed by atoms with Crippen LogP contribution in [0.4, 0.5) is 11.4 Å². The number of anilines is 2. The highest BCUT2D eigenvalue weighted by molar-refractivity contribution is 6.04. The molecule has 122 valence electrons. The van der Waals surface area contributed by atoms with Gasteiger partial charge in [0.2, 0.25) is 0 Å². The summed E-state index contributed by atoms with van der Waals surface area (Å²) in [6, 6.07) is 27.4. The van der Waals surface area contributed by atoms with Crippen LogP contribution in [0.5, 0.6) is 0 Å². The number of hydrogen-bond donors (Lipinski definition) is 1. The van der Waals surface area contributed by atoms with Crippen molar-refractivity contribution in [3.05, 3.63) is 114 Å². The minimum Gasteiger partial charge on any atom is -0.356 e. The fraction of sp³-hybridized carbons (Fsp3) is 0. The summed E-state index contributed by atoms with van der Waals surface area (Å²) in [5.41, 5.74) is 3.75. The van der Waals surface area contributed by atoms with E-state index in [0.717, 1.165) is 16.9 Å². The second-order valence-electron chi connectivity index (χ2n) is 5.56. The van der Waals surface area contributed by atoms with Gasteiger partial charge in [-0.15, -0.1) is 0 Å². The summed E-state index contributed by atoms with van der Waals surface area (Å²) >= 11 is 0. The number of para-hydroxylation sites is 1. The average Bonchev–Trinajstić information content (AvgIpc) is 2.67. The van der Waals surface area contributed by atoms with E-state index in [4.69, 9.17) is 0 Å². The SMILES string of the molecule is O=C(C=CC=Cc1ccccc1)c1ccc(Nc2ccccc2)cc1. The molecule has 3 aromatic carbocycles. The van der Waals surface area contributed by atoms with Crippen LogP contribution in [-0.4, -0.2) is 5.78 Å². The van der Waals surface area contributed by atoms with E-state index in [-0.39, 0.29) is 5.78 Å². The maximum Gasteiger partial charge on any atom is 0.185 e. The van der Waals surface area contributed by atoms with Crippen molar-refractivity contribution in [3.63, 3.8) is 0 Å². The summed E-state index contributed by atoms with van der Waals surface area (Å²) in [4.78, 5) is 12.2. The minimum absolute atomic E-state index is 0.0102.